The van der Waals surface area contributed by atoms with Crippen LogP contribution in [0.5, 0.6) is 0 Å². The van der Waals surface area contributed by atoms with Gasteiger partial charge in [-0.05, 0) is 42.5 Å². The number of alkyl carbamates (subject to hydrolysis) is 1. The van der Waals surface area contributed by atoms with E-state index in [1.54, 1.807) is 31.3 Å². The average Bonchev–Trinajstić information content (AvgIpc) is 3.08. The van der Waals surface area contributed by atoms with Crippen LogP contribution in [0.25, 0.3) is 0 Å². The molecule has 1 fully saturated rings. The lowest BCUT2D eigenvalue weighted by Gasteiger charge is -2.31. The minimum Gasteiger partial charge on any atom is -0.445 e. The van der Waals surface area contributed by atoms with Crippen molar-refractivity contribution >= 4 is 17.9 Å². The first kappa shape index (κ1) is 33.6. The normalized spacial score (nSPS) is 16.0. The molecule has 4 N–H and O–H groups in total. The molecule has 1 unspecified atom stereocenters. The molecule has 1 heterocycles. The highest BCUT2D eigenvalue weighted by Crippen LogP contribution is 2.30. The van der Waals surface area contributed by atoms with Crippen molar-refractivity contribution in [1.29, 1.82) is 0 Å². The predicted octanol–water partition coefficient (Wildman–Crippen LogP) is 4.59. The predicted molar refractivity (Wildman–Crippen MR) is 170 cm³/mol. The van der Waals surface area contributed by atoms with Gasteiger partial charge in [0.15, 0.2) is 0 Å². The molecule has 4 atom stereocenters. The highest BCUT2D eigenvalue weighted by Gasteiger charge is 2.33. The summed E-state index contributed by atoms with van der Waals surface area (Å²) in [6.07, 6.45) is 4.66. The Morgan fingerprint density at radius 3 is 2.16 bits per heavy atom. The van der Waals surface area contributed by atoms with Crippen LogP contribution in [0, 0.1) is 5.92 Å². The highest BCUT2D eigenvalue weighted by atomic mass is 16.5. The SMILES string of the molecule is CCO[C@H](NC(=O)[C@H](Cc1ccccc1)NC(=O)OCc1ccccc1)C(=O)NC(CC1CCCCC1)[C@@H](O)c1ccccn1. The van der Waals surface area contributed by atoms with Crippen molar-refractivity contribution in [2.24, 2.45) is 5.92 Å². The number of nitrogens with one attached hydrogen (secondary N) is 3. The van der Waals surface area contributed by atoms with Gasteiger partial charge < -0.3 is 30.5 Å². The quantitative estimate of drug-likeness (QED) is 0.183. The van der Waals surface area contributed by atoms with Crippen molar-refractivity contribution in [2.75, 3.05) is 6.61 Å². The number of ether oxygens (including phenoxy) is 2. The molecule has 0 spiro atoms. The summed E-state index contributed by atoms with van der Waals surface area (Å²) < 4.78 is 11.0. The number of rotatable bonds is 15. The lowest BCUT2D eigenvalue weighted by atomic mass is 9.83. The van der Waals surface area contributed by atoms with Crippen LogP contribution in [0.3, 0.4) is 0 Å². The Morgan fingerprint density at radius 1 is 0.844 bits per heavy atom. The summed E-state index contributed by atoms with van der Waals surface area (Å²) in [5.41, 5.74) is 2.07. The van der Waals surface area contributed by atoms with E-state index in [4.69, 9.17) is 9.47 Å². The number of amides is 3. The Morgan fingerprint density at radius 2 is 1.51 bits per heavy atom. The fourth-order valence-corrected chi connectivity index (χ4v) is 5.61. The molecular weight excluding hydrogens is 572 g/mol. The molecule has 1 aromatic heterocycles. The Bertz CT molecular complexity index is 1320. The number of carbonyl (C=O) groups excluding carboxylic acids is 3. The van der Waals surface area contributed by atoms with E-state index in [9.17, 15) is 19.5 Å². The van der Waals surface area contributed by atoms with Crippen LogP contribution < -0.4 is 16.0 Å². The van der Waals surface area contributed by atoms with E-state index in [0.29, 0.717) is 18.0 Å². The van der Waals surface area contributed by atoms with Gasteiger partial charge in [0.2, 0.25) is 12.1 Å². The van der Waals surface area contributed by atoms with Crippen LogP contribution in [-0.2, 0) is 32.1 Å². The van der Waals surface area contributed by atoms with Crippen LogP contribution >= 0.6 is 0 Å². The van der Waals surface area contributed by atoms with Crippen LogP contribution in [0.2, 0.25) is 0 Å². The summed E-state index contributed by atoms with van der Waals surface area (Å²) in [4.78, 5) is 44.3. The molecule has 3 aromatic rings. The van der Waals surface area contributed by atoms with Gasteiger partial charge in [-0.1, -0.05) is 98.8 Å². The van der Waals surface area contributed by atoms with E-state index < -0.39 is 42.3 Å². The van der Waals surface area contributed by atoms with Crippen LogP contribution in [0.15, 0.2) is 85.1 Å². The van der Waals surface area contributed by atoms with Gasteiger partial charge in [-0.25, -0.2) is 4.79 Å². The minimum atomic E-state index is -1.35. The Labute approximate surface area is 264 Å². The molecule has 0 radical (unpaired) electrons. The topological polar surface area (TPSA) is 139 Å². The van der Waals surface area contributed by atoms with Crippen LogP contribution in [0.4, 0.5) is 4.79 Å². The van der Waals surface area contributed by atoms with Crippen molar-refractivity contribution < 1.29 is 29.0 Å². The summed E-state index contributed by atoms with van der Waals surface area (Å²) in [5.74, 6) is -0.853. The number of aromatic nitrogens is 1. The van der Waals surface area contributed by atoms with Gasteiger partial charge in [-0.15, -0.1) is 0 Å². The third kappa shape index (κ3) is 11.0. The molecule has 10 heteroatoms. The molecular formula is C35H44N4O6. The number of aliphatic hydroxyl groups excluding tert-OH is 1. The van der Waals surface area contributed by atoms with Crippen LogP contribution in [-0.4, -0.2) is 52.9 Å². The summed E-state index contributed by atoms with van der Waals surface area (Å²) in [5, 5.41) is 19.5. The molecule has 1 aliphatic rings. The first-order valence-electron chi connectivity index (χ1n) is 15.8. The number of aliphatic hydroxyl groups is 1. The lowest BCUT2D eigenvalue weighted by molar-refractivity contribution is -0.142. The third-order valence-electron chi connectivity index (χ3n) is 7.96. The van der Waals surface area contributed by atoms with E-state index in [-0.39, 0.29) is 19.6 Å². The van der Waals surface area contributed by atoms with Gasteiger partial charge in [0, 0.05) is 19.2 Å². The maximum Gasteiger partial charge on any atom is 0.408 e. The fourth-order valence-electron chi connectivity index (χ4n) is 5.61. The highest BCUT2D eigenvalue weighted by molar-refractivity contribution is 5.91. The van der Waals surface area contributed by atoms with Gasteiger partial charge in [0.1, 0.15) is 18.8 Å². The van der Waals surface area contributed by atoms with Crippen molar-refractivity contribution in [1.82, 2.24) is 20.9 Å². The Kier molecular flexibility index (Phi) is 13.3. The van der Waals surface area contributed by atoms with E-state index in [0.717, 1.165) is 36.8 Å². The average molecular weight is 617 g/mol. The molecule has 1 aliphatic carbocycles. The molecule has 45 heavy (non-hydrogen) atoms. The van der Waals surface area contributed by atoms with Gasteiger partial charge in [0.25, 0.3) is 5.91 Å². The first-order valence-corrected chi connectivity index (χ1v) is 15.8. The van der Waals surface area contributed by atoms with E-state index in [1.807, 2.05) is 60.7 Å². The van der Waals surface area contributed by atoms with E-state index in [2.05, 4.69) is 20.9 Å². The molecule has 240 valence electrons. The molecule has 1 saturated carbocycles. The largest absolute Gasteiger partial charge is 0.445 e. The Hall–Kier alpha value is -4.28. The summed E-state index contributed by atoms with van der Waals surface area (Å²) >= 11 is 0. The molecule has 2 aromatic carbocycles. The number of benzene rings is 2. The molecule has 0 aliphatic heterocycles. The smallest absolute Gasteiger partial charge is 0.408 e. The molecule has 0 saturated heterocycles. The maximum atomic E-state index is 13.6. The molecule has 10 nitrogen and oxygen atoms in total. The second kappa shape index (κ2) is 17.9. The second-order valence-corrected chi connectivity index (χ2v) is 11.3. The van der Waals surface area contributed by atoms with Crippen molar-refractivity contribution in [3.8, 4) is 0 Å². The Balaban J connectivity index is 1.46. The van der Waals surface area contributed by atoms with E-state index >= 15 is 0 Å². The monoisotopic (exact) mass is 616 g/mol. The van der Waals surface area contributed by atoms with Crippen molar-refractivity contribution in [2.45, 2.75) is 82.9 Å². The number of nitrogens with zero attached hydrogens (tertiary/aromatic N) is 1. The third-order valence-corrected chi connectivity index (χ3v) is 7.96. The van der Waals surface area contributed by atoms with Crippen LogP contribution in [0.1, 0.15) is 68.4 Å². The number of pyridine rings is 1. The summed E-state index contributed by atoms with van der Waals surface area (Å²) in [6.45, 7) is 1.90. The number of hydrogen-bond acceptors (Lipinski definition) is 7. The molecule has 0 bridgehead atoms. The lowest BCUT2D eigenvalue weighted by Crippen LogP contribution is -2.57. The fraction of sp³-hybridized carbons (Fsp3) is 0.429. The minimum absolute atomic E-state index is 0.0390. The van der Waals surface area contributed by atoms with Crippen molar-refractivity contribution in [3.63, 3.8) is 0 Å². The van der Waals surface area contributed by atoms with Gasteiger partial charge in [0.05, 0.1) is 11.7 Å². The van der Waals surface area contributed by atoms with Gasteiger partial charge in [-0.2, -0.15) is 0 Å². The van der Waals surface area contributed by atoms with Crippen molar-refractivity contribution in [3.05, 3.63) is 102 Å². The zero-order valence-electron chi connectivity index (χ0n) is 25.8. The zero-order chi connectivity index (χ0) is 31.9. The first-order chi connectivity index (χ1) is 21.9. The van der Waals surface area contributed by atoms with E-state index in [1.165, 1.54) is 6.42 Å². The summed E-state index contributed by atoms with van der Waals surface area (Å²) in [7, 11) is 0. The second-order valence-electron chi connectivity index (χ2n) is 11.3. The number of hydrogen-bond donors (Lipinski definition) is 4. The van der Waals surface area contributed by atoms with Gasteiger partial charge >= 0.3 is 6.09 Å². The molecule has 4 rings (SSSR count). The number of carbonyl (C=O) groups is 3. The summed E-state index contributed by atoms with van der Waals surface area (Å²) in [6, 6.07) is 22.0. The standard InChI is InChI=1S/C35H44N4O6/c1-2-44-34(33(42)37-29(22-25-14-6-3-7-15-25)31(40)28-20-12-13-21-36-28)39-32(41)30(23-26-16-8-4-9-17-26)38-35(43)45-24-27-18-10-5-11-19-27/h4-5,8-13,16-21,25,29-31,34,40H,2-3,6-7,14-15,22-24H2,1H3,(H,37,42)(H,38,43)(H,39,41)/t29?,30-,31-,34-/m0/s1. The van der Waals surface area contributed by atoms with Gasteiger partial charge in [-0.3, -0.25) is 14.6 Å². The maximum absolute atomic E-state index is 13.6. The molecule has 3 amide bonds. The zero-order valence-corrected chi connectivity index (χ0v) is 25.8.